The summed E-state index contributed by atoms with van der Waals surface area (Å²) in [5, 5.41) is 5.12. The van der Waals surface area contributed by atoms with Gasteiger partial charge < -0.3 is 15.0 Å². The highest BCUT2D eigenvalue weighted by Gasteiger charge is 2.21. The summed E-state index contributed by atoms with van der Waals surface area (Å²) >= 11 is 1.37. The Bertz CT molecular complexity index is 786. The first-order chi connectivity index (χ1) is 12.1. The van der Waals surface area contributed by atoms with E-state index in [9.17, 15) is 9.59 Å². The molecule has 1 aliphatic rings. The number of nitrogens with one attached hydrogen (secondary N) is 1. The lowest BCUT2D eigenvalue weighted by atomic mass is 10.1. The molecule has 1 aliphatic heterocycles. The Morgan fingerprint density at radius 2 is 2.12 bits per heavy atom. The third-order valence-corrected chi connectivity index (χ3v) is 4.49. The molecule has 1 aromatic carbocycles. The third-order valence-electron chi connectivity index (χ3n) is 3.73. The zero-order valence-corrected chi connectivity index (χ0v) is 14.7. The first-order valence-electron chi connectivity index (χ1n) is 8.00. The first-order valence-corrected chi connectivity index (χ1v) is 8.88. The van der Waals surface area contributed by atoms with Gasteiger partial charge in [0.15, 0.2) is 5.13 Å². The minimum absolute atomic E-state index is 0.148. The number of hydrogen-bond donors (Lipinski definition) is 1. The van der Waals surface area contributed by atoms with E-state index in [4.69, 9.17) is 4.74 Å². The molecule has 7 heteroatoms. The Hall–Kier alpha value is -2.67. The fourth-order valence-electron chi connectivity index (χ4n) is 2.53. The van der Waals surface area contributed by atoms with Gasteiger partial charge in [0.25, 0.3) is 0 Å². The normalized spacial score (nSPS) is 14.0. The molecule has 0 saturated heterocycles. The van der Waals surface area contributed by atoms with Crippen LogP contribution in [-0.2, 0) is 16.1 Å². The minimum Gasteiger partial charge on any atom is -0.445 e. The lowest BCUT2D eigenvalue weighted by Crippen LogP contribution is -2.35. The van der Waals surface area contributed by atoms with Crippen LogP contribution in [0, 0.1) is 0 Å². The van der Waals surface area contributed by atoms with E-state index in [1.807, 2.05) is 35.7 Å². The summed E-state index contributed by atoms with van der Waals surface area (Å²) in [4.78, 5) is 29.5. The largest absolute Gasteiger partial charge is 0.445 e. The van der Waals surface area contributed by atoms with E-state index in [-0.39, 0.29) is 18.6 Å². The molecule has 2 aromatic rings. The Morgan fingerprint density at radius 3 is 2.88 bits per heavy atom. The van der Waals surface area contributed by atoms with Crippen LogP contribution < -0.4 is 5.32 Å². The van der Waals surface area contributed by atoms with Gasteiger partial charge in [0.05, 0.1) is 12.2 Å². The van der Waals surface area contributed by atoms with Gasteiger partial charge >= 0.3 is 6.09 Å². The summed E-state index contributed by atoms with van der Waals surface area (Å²) in [6.45, 7) is 2.79. The summed E-state index contributed by atoms with van der Waals surface area (Å²) in [5.74, 6) is -0.148. The quantitative estimate of drug-likeness (QED) is 0.909. The van der Waals surface area contributed by atoms with Crippen LogP contribution in [-0.4, -0.2) is 35.0 Å². The summed E-state index contributed by atoms with van der Waals surface area (Å²) < 4.78 is 5.39. The van der Waals surface area contributed by atoms with Gasteiger partial charge in [-0.05, 0) is 17.6 Å². The van der Waals surface area contributed by atoms with Crippen LogP contribution in [0.2, 0.25) is 0 Å². The van der Waals surface area contributed by atoms with Gasteiger partial charge in [-0.2, -0.15) is 0 Å². The predicted molar refractivity (Wildman–Crippen MR) is 97.2 cm³/mol. The lowest BCUT2D eigenvalue weighted by molar-refractivity contribution is -0.114. The Balaban J connectivity index is 1.58. The number of nitrogens with zero attached hydrogens (tertiary/aromatic N) is 2. The molecule has 2 amide bonds. The molecule has 0 bridgehead atoms. The maximum Gasteiger partial charge on any atom is 0.410 e. The van der Waals surface area contributed by atoms with Gasteiger partial charge in [-0.1, -0.05) is 36.4 Å². The molecule has 0 radical (unpaired) electrons. The van der Waals surface area contributed by atoms with E-state index in [1.54, 1.807) is 4.90 Å². The van der Waals surface area contributed by atoms with Gasteiger partial charge in [0.1, 0.15) is 6.61 Å². The zero-order chi connectivity index (χ0) is 17.6. The number of rotatable bonds is 4. The summed E-state index contributed by atoms with van der Waals surface area (Å²) in [5.41, 5.74) is 2.72. The number of anilines is 1. The average Bonchev–Trinajstić information content (AvgIpc) is 3.08. The predicted octanol–water partition coefficient (Wildman–Crippen LogP) is 3.53. The minimum atomic E-state index is -0.327. The molecule has 0 aliphatic carbocycles. The van der Waals surface area contributed by atoms with Gasteiger partial charge in [-0.15, -0.1) is 11.3 Å². The molecule has 25 heavy (non-hydrogen) atoms. The van der Waals surface area contributed by atoms with E-state index in [2.05, 4.69) is 16.4 Å². The van der Waals surface area contributed by atoms with Gasteiger partial charge in [0, 0.05) is 18.8 Å². The van der Waals surface area contributed by atoms with E-state index >= 15 is 0 Å². The second-order valence-electron chi connectivity index (χ2n) is 5.70. The zero-order valence-electron chi connectivity index (χ0n) is 13.9. The molecule has 2 heterocycles. The number of ether oxygens (including phenoxy) is 1. The molecule has 0 unspecified atom stereocenters. The summed E-state index contributed by atoms with van der Waals surface area (Å²) in [7, 11) is 0. The van der Waals surface area contributed by atoms with Crippen molar-refractivity contribution < 1.29 is 14.3 Å². The van der Waals surface area contributed by atoms with Gasteiger partial charge in [-0.25, -0.2) is 9.78 Å². The number of hydrogen-bond acceptors (Lipinski definition) is 5. The van der Waals surface area contributed by atoms with Crippen molar-refractivity contribution in [3.05, 3.63) is 53.0 Å². The SMILES string of the molecule is CC(=O)Nc1nc(C2=CCCN(C(=O)OCc3ccccc3)C2)cs1. The fourth-order valence-corrected chi connectivity index (χ4v) is 3.31. The monoisotopic (exact) mass is 357 g/mol. The topological polar surface area (TPSA) is 71.5 Å². The molecule has 3 rings (SSSR count). The molecular weight excluding hydrogens is 338 g/mol. The van der Waals surface area contributed by atoms with E-state index in [0.29, 0.717) is 18.2 Å². The van der Waals surface area contributed by atoms with Gasteiger partial charge in [0.2, 0.25) is 5.91 Å². The number of aromatic nitrogens is 1. The average molecular weight is 357 g/mol. The van der Waals surface area contributed by atoms with E-state index < -0.39 is 0 Å². The standard InChI is InChI=1S/C18H19N3O3S/c1-13(22)19-17-20-16(12-25-17)15-8-5-9-21(10-15)18(23)24-11-14-6-3-2-4-7-14/h2-4,6-8,12H,5,9-11H2,1H3,(H,19,20,22). The Morgan fingerprint density at radius 1 is 1.32 bits per heavy atom. The van der Waals surface area contributed by atoms with E-state index in [1.165, 1.54) is 18.3 Å². The van der Waals surface area contributed by atoms with Crippen LogP contribution in [0.4, 0.5) is 9.93 Å². The molecule has 0 spiro atoms. The van der Waals surface area contributed by atoms with Crippen molar-refractivity contribution in [2.24, 2.45) is 0 Å². The number of carbonyl (C=O) groups is 2. The van der Waals surface area contributed by atoms with Crippen molar-refractivity contribution in [2.45, 2.75) is 20.0 Å². The van der Waals surface area contributed by atoms with Crippen molar-refractivity contribution in [1.29, 1.82) is 0 Å². The van der Waals surface area contributed by atoms with Crippen molar-refractivity contribution in [1.82, 2.24) is 9.88 Å². The van der Waals surface area contributed by atoms with Crippen LogP contribution in [0.5, 0.6) is 0 Å². The van der Waals surface area contributed by atoms with Crippen LogP contribution in [0.1, 0.15) is 24.6 Å². The van der Waals surface area contributed by atoms with E-state index in [0.717, 1.165) is 23.3 Å². The molecule has 0 atom stereocenters. The van der Waals surface area contributed by atoms with Crippen molar-refractivity contribution >= 4 is 34.0 Å². The first kappa shape index (κ1) is 17.2. The highest BCUT2D eigenvalue weighted by atomic mass is 32.1. The molecule has 130 valence electrons. The maximum absolute atomic E-state index is 12.3. The molecule has 6 nitrogen and oxygen atoms in total. The number of benzene rings is 1. The molecule has 0 fully saturated rings. The second-order valence-corrected chi connectivity index (χ2v) is 6.56. The van der Waals surface area contributed by atoms with Crippen LogP contribution in [0.15, 0.2) is 41.8 Å². The second kappa shape index (κ2) is 7.94. The van der Waals surface area contributed by atoms with Crippen LogP contribution in [0.25, 0.3) is 5.57 Å². The van der Waals surface area contributed by atoms with Gasteiger partial charge in [-0.3, -0.25) is 4.79 Å². The highest BCUT2D eigenvalue weighted by molar-refractivity contribution is 7.14. The number of carbonyl (C=O) groups excluding carboxylic acids is 2. The summed E-state index contributed by atoms with van der Waals surface area (Å²) in [6, 6.07) is 9.61. The van der Waals surface area contributed by atoms with Crippen molar-refractivity contribution in [3.8, 4) is 0 Å². The van der Waals surface area contributed by atoms with Crippen LogP contribution >= 0.6 is 11.3 Å². The maximum atomic E-state index is 12.3. The number of amides is 2. The molecular formula is C18H19N3O3S. The Labute approximate surface area is 150 Å². The Kier molecular flexibility index (Phi) is 5.45. The smallest absolute Gasteiger partial charge is 0.410 e. The van der Waals surface area contributed by atoms with Crippen molar-refractivity contribution in [2.75, 3.05) is 18.4 Å². The molecule has 1 N–H and O–H groups in total. The summed E-state index contributed by atoms with van der Waals surface area (Å²) in [6.07, 6.45) is 2.50. The fraction of sp³-hybridized carbons (Fsp3) is 0.278. The van der Waals surface area contributed by atoms with Crippen LogP contribution in [0.3, 0.4) is 0 Å². The molecule has 1 aromatic heterocycles. The third kappa shape index (κ3) is 4.67. The lowest BCUT2D eigenvalue weighted by Gasteiger charge is -2.26. The number of thiazole rings is 1. The highest BCUT2D eigenvalue weighted by Crippen LogP contribution is 2.25. The molecule has 0 saturated carbocycles. The van der Waals surface area contributed by atoms with Crippen molar-refractivity contribution in [3.63, 3.8) is 0 Å².